The Morgan fingerprint density at radius 1 is 1.29 bits per heavy atom. The van der Waals surface area contributed by atoms with Crippen molar-refractivity contribution in [2.45, 2.75) is 6.42 Å². The molecule has 2 aromatic rings. The fourth-order valence-electron chi connectivity index (χ4n) is 1.85. The minimum Gasteiger partial charge on any atom is -0.508 e. The molecule has 0 aliphatic carbocycles. The van der Waals surface area contributed by atoms with E-state index < -0.39 is 0 Å². The molecule has 0 bridgehead atoms. The lowest BCUT2D eigenvalue weighted by atomic mass is 10.1. The molecule has 0 saturated heterocycles. The standard InChI is InChI=1S/C15H18N4O2/c1-19(14-10-16-8-9-17-14)11-15(21)18-7-6-12-2-4-13(20)5-3-12/h2-5,8-10,20H,6-7,11H2,1H3,(H,18,21). The third kappa shape index (κ3) is 4.76. The van der Waals surface area contributed by atoms with Crippen LogP contribution in [0, 0.1) is 0 Å². The number of phenolic OH excluding ortho intramolecular Hbond substituents is 1. The van der Waals surface area contributed by atoms with E-state index in [9.17, 15) is 9.90 Å². The van der Waals surface area contributed by atoms with Gasteiger partial charge in [-0.15, -0.1) is 0 Å². The van der Waals surface area contributed by atoms with Gasteiger partial charge in [-0.25, -0.2) is 4.98 Å². The van der Waals surface area contributed by atoms with Gasteiger partial charge < -0.3 is 15.3 Å². The number of hydrogen-bond donors (Lipinski definition) is 2. The number of phenols is 1. The average molecular weight is 286 g/mol. The molecule has 110 valence electrons. The molecule has 1 aromatic carbocycles. The number of aromatic hydroxyl groups is 1. The lowest BCUT2D eigenvalue weighted by Crippen LogP contribution is -2.36. The summed E-state index contributed by atoms with van der Waals surface area (Å²) in [5.41, 5.74) is 1.07. The number of likely N-dealkylation sites (N-methyl/N-ethyl adjacent to an activating group) is 1. The molecule has 21 heavy (non-hydrogen) atoms. The van der Waals surface area contributed by atoms with E-state index in [2.05, 4.69) is 15.3 Å². The molecular formula is C15H18N4O2. The summed E-state index contributed by atoms with van der Waals surface area (Å²) in [5, 5.41) is 12.0. The molecule has 6 nitrogen and oxygen atoms in total. The summed E-state index contributed by atoms with van der Waals surface area (Å²) in [4.78, 5) is 21.7. The summed E-state index contributed by atoms with van der Waals surface area (Å²) in [6, 6.07) is 6.96. The summed E-state index contributed by atoms with van der Waals surface area (Å²) in [6.45, 7) is 0.784. The molecule has 0 unspecified atom stereocenters. The third-order valence-electron chi connectivity index (χ3n) is 2.99. The van der Waals surface area contributed by atoms with Crippen molar-refractivity contribution in [3.63, 3.8) is 0 Å². The number of nitrogens with one attached hydrogen (secondary N) is 1. The monoisotopic (exact) mass is 286 g/mol. The van der Waals surface area contributed by atoms with Crippen LogP contribution < -0.4 is 10.2 Å². The van der Waals surface area contributed by atoms with Gasteiger partial charge in [0.25, 0.3) is 0 Å². The molecular weight excluding hydrogens is 268 g/mol. The Labute approximate surface area is 123 Å². The van der Waals surface area contributed by atoms with Crippen LogP contribution in [-0.4, -0.2) is 41.1 Å². The second-order valence-electron chi connectivity index (χ2n) is 4.69. The summed E-state index contributed by atoms with van der Waals surface area (Å²) >= 11 is 0. The molecule has 2 rings (SSSR count). The quantitative estimate of drug-likeness (QED) is 0.827. The van der Waals surface area contributed by atoms with Crippen molar-refractivity contribution >= 4 is 11.7 Å². The maximum absolute atomic E-state index is 11.8. The average Bonchev–Trinajstić information content (AvgIpc) is 2.50. The van der Waals surface area contributed by atoms with Crippen molar-refractivity contribution in [3.8, 4) is 5.75 Å². The number of nitrogens with zero attached hydrogens (tertiary/aromatic N) is 3. The number of rotatable bonds is 6. The Bertz CT molecular complexity index is 572. The molecule has 0 atom stereocenters. The lowest BCUT2D eigenvalue weighted by molar-refractivity contribution is -0.119. The zero-order valence-electron chi connectivity index (χ0n) is 11.9. The molecule has 0 spiro atoms. The van der Waals surface area contributed by atoms with Crippen LogP contribution in [0.25, 0.3) is 0 Å². The maximum Gasteiger partial charge on any atom is 0.239 e. The zero-order chi connectivity index (χ0) is 15.1. The predicted molar refractivity (Wildman–Crippen MR) is 80.1 cm³/mol. The van der Waals surface area contributed by atoms with Crippen molar-refractivity contribution in [1.29, 1.82) is 0 Å². The van der Waals surface area contributed by atoms with Gasteiger partial charge in [-0.1, -0.05) is 12.1 Å². The highest BCUT2D eigenvalue weighted by molar-refractivity contribution is 5.80. The van der Waals surface area contributed by atoms with Crippen molar-refractivity contribution in [2.24, 2.45) is 0 Å². The highest BCUT2D eigenvalue weighted by Gasteiger charge is 2.07. The summed E-state index contributed by atoms with van der Waals surface area (Å²) < 4.78 is 0. The second-order valence-corrected chi connectivity index (χ2v) is 4.69. The Balaban J connectivity index is 1.73. The fourth-order valence-corrected chi connectivity index (χ4v) is 1.85. The van der Waals surface area contributed by atoms with E-state index in [0.29, 0.717) is 12.4 Å². The molecule has 1 heterocycles. The van der Waals surface area contributed by atoms with Crippen LogP contribution in [0.2, 0.25) is 0 Å². The highest BCUT2D eigenvalue weighted by atomic mass is 16.3. The van der Waals surface area contributed by atoms with Gasteiger partial charge in [0.2, 0.25) is 5.91 Å². The number of carbonyl (C=O) groups excluding carboxylic acids is 1. The summed E-state index contributed by atoms with van der Waals surface area (Å²) in [5.74, 6) is 0.835. The molecule has 1 aromatic heterocycles. The van der Waals surface area contributed by atoms with Gasteiger partial charge in [0.15, 0.2) is 0 Å². The number of carbonyl (C=O) groups is 1. The minimum absolute atomic E-state index is 0.0677. The zero-order valence-corrected chi connectivity index (χ0v) is 11.9. The van der Waals surface area contributed by atoms with E-state index in [-0.39, 0.29) is 18.2 Å². The SMILES string of the molecule is CN(CC(=O)NCCc1ccc(O)cc1)c1cnccn1. The Morgan fingerprint density at radius 3 is 2.71 bits per heavy atom. The molecule has 1 amide bonds. The predicted octanol–water partition coefficient (Wildman–Crippen LogP) is 0.977. The second kappa shape index (κ2) is 7.23. The third-order valence-corrected chi connectivity index (χ3v) is 2.99. The van der Waals surface area contributed by atoms with Crippen LogP contribution in [0.4, 0.5) is 5.82 Å². The van der Waals surface area contributed by atoms with Crippen molar-refractivity contribution < 1.29 is 9.90 Å². The lowest BCUT2D eigenvalue weighted by Gasteiger charge is -2.16. The Morgan fingerprint density at radius 2 is 2.05 bits per heavy atom. The summed E-state index contributed by atoms with van der Waals surface area (Å²) in [6.07, 6.45) is 5.52. The molecule has 0 fully saturated rings. The van der Waals surface area contributed by atoms with Gasteiger partial charge in [-0.3, -0.25) is 9.78 Å². The molecule has 0 radical (unpaired) electrons. The van der Waals surface area contributed by atoms with E-state index in [0.717, 1.165) is 12.0 Å². The number of amides is 1. The summed E-state index contributed by atoms with van der Waals surface area (Å²) in [7, 11) is 1.80. The van der Waals surface area contributed by atoms with Crippen LogP contribution in [0.3, 0.4) is 0 Å². The van der Waals surface area contributed by atoms with Gasteiger partial charge in [0.05, 0.1) is 12.7 Å². The Hall–Kier alpha value is -2.63. The first-order chi connectivity index (χ1) is 10.1. The Kier molecular flexibility index (Phi) is 5.09. The van der Waals surface area contributed by atoms with Crippen LogP contribution in [-0.2, 0) is 11.2 Å². The largest absolute Gasteiger partial charge is 0.508 e. The van der Waals surface area contributed by atoms with E-state index >= 15 is 0 Å². The molecule has 0 aliphatic heterocycles. The highest BCUT2D eigenvalue weighted by Crippen LogP contribution is 2.09. The normalized spacial score (nSPS) is 10.1. The van der Waals surface area contributed by atoms with Crippen molar-refractivity contribution in [1.82, 2.24) is 15.3 Å². The van der Waals surface area contributed by atoms with E-state index in [4.69, 9.17) is 0 Å². The number of benzene rings is 1. The first-order valence-corrected chi connectivity index (χ1v) is 6.67. The maximum atomic E-state index is 11.8. The van der Waals surface area contributed by atoms with Gasteiger partial charge in [0, 0.05) is 26.0 Å². The van der Waals surface area contributed by atoms with Gasteiger partial charge in [0.1, 0.15) is 11.6 Å². The fraction of sp³-hybridized carbons (Fsp3) is 0.267. The van der Waals surface area contributed by atoms with Crippen LogP contribution in [0.1, 0.15) is 5.56 Å². The van der Waals surface area contributed by atoms with Gasteiger partial charge >= 0.3 is 0 Å². The first-order valence-electron chi connectivity index (χ1n) is 6.67. The molecule has 0 saturated carbocycles. The first kappa shape index (κ1) is 14.8. The molecule has 0 aliphatic rings. The van der Waals surface area contributed by atoms with Crippen LogP contribution in [0.5, 0.6) is 5.75 Å². The topological polar surface area (TPSA) is 78.4 Å². The number of aromatic nitrogens is 2. The molecule has 2 N–H and O–H groups in total. The van der Waals surface area contributed by atoms with E-state index in [1.165, 1.54) is 0 Å². The van der Waals surface area contributed by atoms with Gasteiger partial charge in [-0.05, 0) is 24.1 Å². The van der Waals surface area contributed by atoms with Crippen LogP contribution in [0.15, 0.2) is 42.9 Å². The van der Waals surface area contributed by atoms with E-state index in [1.54, 1.807) is 42.7 Å². The number of hydrogen-bond acceptors (Lipinski definition) is 5. The van der Waals surface area contributed by atoms with Crippen LogP contribution >= 0.6 is 0 Å². The van der Waals surface area contributed by atoms with Gasteiger partial charge in [-0.2, -0.15) is 0 Å². The molecule has 6 heteroatoms. The smallest absolute Gasteiger partial charge is 0.239 e. The van der Waals surface area contributed by atoms with Crippen molar-refractivity contribution in [3.05, 3.63) is 48.4 Å². The minimum atomic E-state index is -0.0677. The number of anilines is 1. The van der Waals surface area contributed by atoms with E-state index in [1.807, 2.05) is 12.1 Å². The van der Waals surface area contributed by atoms with Crippen molar-refractivity contribution in [2.75, 3.05) is 25.0 Å².